The minimum atomic E-state index is 0.698. The summed E-state index contributed by atoms with van der Waals surface area (Å²) in [6, 6.07) is 6.14. The predicted molar refractivity (Wildman–Crippen MR) is 112 cm³/mol. The van der Waals surface area contributed by atoms with Crippen molar-refractivity contribution in [1.82, 2.24) is 33.9 Å². The predicted octanol–water partition coefficient (Wildman–Crippen LogP) is 3.92. The molecule has 0 saturated heterocycles. The molecule has 0 amide bonds. The van der Waals surface area contributed by atoms with Crippen LogP contribution in [0.15, 0.2) is 49.2 Å². The van der Waals surface area contributed by atoms with Gasteiger partial charge in [0.1, 0.15) is 5.00 Å². The maximum atomic E-state index is 4.64. The maximum Gasteiger partial charge on any atom is 0.180 e. The summed E-state index contributed by atoms with van der Waals surface area (Å²) in [5.74, 6) is 0.698. The van der Waals surface area contributed by atoms with Crippen molar-refractivity contribution in [3.8, 4) is 11.3 Å². The number of pyridine rings is 1. The van der Waals surface area contributed by atoms with E-state index >= 15 is 0 Å². The Hall–Kier alpha value is -3.59. The number of nitrogens with zero attached hydrogens (tertiary/aromatic N) is 6. The van der Waals surface area contributed by atoms with Crippen LogP contribution in [-0.4, -0.2) is 33.9 Å². The Morgan fingerprint density at radius 3 is 2.83 bits per heavy atom. The van der Waals surface area contributed by atoms with Gasteiger partial charge in [0.25, 0.3) is 0 Å². The molecule has 9 heteroatoms. The maximum absolute atomic E-state index is 4.64. The van der Waals surface area contributed by atoms with Crippen molar-refractivity contribution in [2.24, 2.45) is 0 Å². The fourth-order valence-corrected chi connectivity index (χ4v) is 3.82. The summed E-state index contributed by atoms with van der Waals surface area (Å²) in [7, 11) is 0. The van der Waals surface area contributed by atoms with Gasteiger partial charge in [-0.3, -0.25) is 14.5 Å². The van der Waals surface area contributed by atoms with E-state index < -0.39 is 0 Å². The number of hydrogen-bond acceptors (Lipinski definition) is 7. The van der Waals surface area contributed by atoms with Crippen molar-refractivity contribution in [2.75, 3.05) is 5.32 Å². The molecule has 0 aromatic carbocycles. The van der Waals surface area contributed by atoms with Crippen LogP contribution in [0.5, 0.6) is 0 Å². The summed E-state index contributed by atoms with van der Waals surface area (Å²) in [5.41, 5.74) is 6.69. The number of anilines is 2. The fraction of sp³-hybridized carbons (Fsp3) is 0.150. The molecule has 0 aliphatic rings. The highest BCUT2D eigenvalue weighted by Gasteiger charge is 2.14. The number of imidazole rings is 1. The zero-order chi connectivity index (χ0) is 19.8. The third-order valence-corrected chi connectivity index (χ3v) is 5.28. The number of rotatable bonds is 5. The monoisotopic (exact) mass is 402 g/mol. The molecule has 5 heterocycles. The lowest BCUT2D eigenvalue weighted by Gasteiger charge is -2.07. The third kappa shape index (κ3) is 3.47. The molecule has 0 spiro atoms. The Morgan fingerprint density at radius 2 is 2.03 bits per heavy atom. The molecule has 0 fully saturated rings. The van der Waals surface area contributed by atoms with E-state index in [2.05, 4.69) is 40.9 Å². The Labute approximate surface area is 170 Å². The van der Waals surface area contributed by atoms with E-state index in [-0.39, 0.29) is 0 Å². The highest BCUT2D eigenvalue weighted by Crippen LogP contribution is 2.27. The van der Waals surface area contributed by atoms with Crippen molar-refractivity contribution >= 4 is 28.0 Å². The van der Waals surface area contributed by atoms with Gasteiger partial charge in [0.15, 0.2) is 11.5 Å². The van der Waals surface area contributed by atoms with E-state index in [1.165, 1.54) is 11.5 Å². The van der Waals surface area contributed by atoms with Gasteiger partial charge in [0, 0.05) is 36.3 Å². The molecule has 29 heavy (non-hydrogen) atoms. The van der Waals surface area contributed by atoms with E-state index in [0.29, 0.717) is 12.2 Å². The molecular weight excluding hydrogens is 384 g/mol. The van der Waals surface area contributed by atoms with E-state index in [4.69, 9.17) is 0 Å². The second-order valence-corrected chi connectivity index (χ2v) is 7.67. The van der Waals surface area contributed by atoms with Crippen LogP contribution in [0.1, 0.15) is 22.6 Å². The molecule has 0 saturated carbocycles. The Balaban J connectivity index is 1.43. The van der Waals surface area contributed by atoms with Gasteiger partial charge in [0.2, 0.25) is 0 Å². The largest absolute Gasteiger partial charge is 0.328 e. The number of fused-ring (bicyclic) bond motifs is 1. The van der Waals surface area contributed by atoms with Gasteiger partial charge in [-0.25, -0.2) is 9.97 Å². The molecule has 0 atom stereocenters. The van der Waals surface area contributed by atoms with Gasteiger partial charge in [0.05, 0.1) is 29.5 Å². The number of H-pyrrole nitrogens is 1. The quantitative estimate of drug-likeness (QED) is 0.462. The average molecular weight is 402 g/mol. The normalized spacial score (nSPS) is 11.2. The summed E-state index contributed by atoms with van der Waals surface area (Å²) in [6.07, 6.45) is 10.00. The van der Waals surface area contributed by atoms with Gasteiger partial charge in [-0.05, 0) is 43.1 Å². The van der Waals surface area contributed by atoms with Crippen molar-refractivity contribution in [2.45, 2.75) is 20.3 Å². The van der Waals surface area contributed by atoms with Crippen LogP contribution in [0.25, 0.3) is 16.9 Å². The first kappa shape index (κ1) is 17.5. The summed E-state index contributed by atoms with van der Waals surface area (Å²) < 4.78 is 6.57. The van der Waals surface area contributed by atoms with Crippen LogP contribution >= 0.6 is 11.5 Å². The molecule has 144 valence electrons. The van der Waals surface area contributed by atoms with E-state index in [1.54, 1.807) is 6.20 Å². The third-order valence-electron chi connectivity index (χ3n) is 4.54. The molecule has 0 bridgehead atoms. The molecular formula is C20H18N8S. The standard InChI is InChI=1S/C20H18N8S/c1-12-3-4-15(21-7-12)5-16-6-18(29-27-16)26-19-20-22-10-17(14-8-23-24-9-14)28(20)11-13(2)25-19/h3-4,6-11H,5H2,1-2H3,(H,23,24)(H,25,26). The molecule has 0 aliphatic carbocycles. The first-order chi connectivity index (χ1) is 14.2. The topological polar surface area (TPSA) is 96.7 Å². The molecule has 5 rings (SSSR count). The zero-order valence-electron chi connectivity index (χ0n) is 15.9. The minimum Gasteiger partial charge on any atom is -0.328 e. The SMILES string of the molecule is Cc1ccc(Cc2cc(Nc3nc(C)cn4c(-c5cn[nH]c5)cnc34)sn2)nc1. The van der Waals surface area contributed by atoms with Crippen LogP contribution in [-0.2, 0) is 6.42 Å². The molecule has 0 radical (unpaired) electrons. The van der Waals surface area contributed by atoms with Gasteiger partial charge < -0.3 is 5.32 Å². The zero-order valence-corrected chi connectivity index (χ0v) is 16.7. The van der Waals surface area contributed by atoms with Crippen LogP contribution < -0.4 is 5.32 Å². The van der Waals surface area contributed by atoms with E-state index in [0.717, 1.165) is 44.6 Å². The summed E-state index contributed by atoms with van der Waals surface area (Å²) in [5, 5.41) is 11.2. The number of hydrogen-bond donors (Lipinski definition) is 2. The second kappa shape index (κ2) is 7.10. The van der Waals surface area contributed by atoms with Crippen molar-refractivity contribution in [3.63, 3.8) is 0 Å². The van der Waals surface area contributed by atoms with Gasteiger partial charge >= 0.3 is 0 Å². The summed E-state index contributed by atoms with van der Waals surface area (Å²) >= 11 is 1.40. The average Bonchev–Trinajstić information content (AvgIpc) is 3.44. The number of aryl methyl sites for hydroxylation is 2. The molecule has 2 N–H and O–H groups in total. The van der Waals surface area contributed by atoms with Crippen LogP contribution in [0.3, 0.4) is 0 Å². The van der Waals surface area contributed by atoms with Crippen LogP contribution in [0.4, 0.5) is 10.8 Å². The number of aromatic nitrogens is 7. The van der Waals surface area contributed by atoms with Crippen LogP contribution in [0, 0.1) is 13.8 Å². The number of aromatic amines is 1. The minimum absolute atomic E-state index is 0.698. The van der Waals surface area contributed by atoms with E-state index in [9.17, 15) is 0 Å². The Kier molecular flexibility index (Phi) is 4.28. The highest BCUT2D eigenvalue weighted by atomic mass is 32.1. The first-order valence-electron chi connectivity index (χ1n) is 9.14. The van der Waals surface area contributed by atoms with Crippen molar-refractivity contribution < 1.29 is 0 Å². The van der Waals surface area contributed by atoms with E-state index in [1.807, 2.05) is 55.2 Å². The summed E-state index contributed by atoms with van der Waals surface area (Å²) in [4.78, 5) is 13.7. The molecule has 8 nitrogen and oxygen atoms in total. The lowest BCUT2D eigenvalue weighted by atomic mass is 10.2. The smallest absolute Gasteiger partial charge is 0.180 e. The van der Waals surface area contributed by atoms with Crippen LogP contribution in [0.2, 0.25) is 0 Å². The summed E-state index contributed by atoms with van der Waals surface area (Å²) in [6.45, 7) is 4.00. The molecule has 0 unspecified atom stereocenters. The van der Waals surface area contributed by atoms with Gasteiger partial charge in [-0.2, -0.15) is 9.47 Å². The number of nitrogens with one attached hydrogen (secondary N) is 2. The second-order valence-electron chi connectivity index (χ2n) is 6.87. The molecule has 5 aromatic rings. The Bertz CT molecular complexity index is 1270. The fourth-order valence-electron chi connectivity index (χ4n) is 3.16. The first-order valence-corrected chi connectivity index (χ1v) is 9.91. The van der Waals surface area contributed by atoms with Gasteiger partial charge in [-0.1, -0.05) is 6.07 Å². The van der Waals surface area contributed by atoms with Crippen molar-refractivity contribution in [1.29, 1.82) is 0 Å². The molecule has 5 aromatic heterocycles. The van der Waals surface area contributed by atoms with Crippen molar-refractivity contribution in [3.05, 3.63) is 71.8 Å². The highest BCUT2D eigenvalue weighted by molar-refractivity contribution is 7.10. The lowest BCUT2D eigenvalue weighted by Crippen LogP contribution is -2.00. The Morgan fingerprint density at radius 1 is 1.10 bits per heavy atom. The van der Waals surface area contributed by atoms with Gasteiger partial charge in [-0.15, -0.1) is 0 Å². The lowest BCUT2D eigenvalue weighted by molar-refractivity contribution is 1.04. The molecule has 0 aliphatic heterocycles.